The molecule has 0 N–H and O–H groups in total. The van der Waals surface area contributed by atoms with Crippen LogP contribution in [0.2, 0.25) is 0 Å². The van der Waals surface area contributed by atoms with Gasteiger partial charge in [-0.15, -0.1) is 0 Å². The molecule has 24 heavy (non-hydrogen) atoms. The summed E-state index contributed by atoms with van der Waals surface area (Å²) in [6.45, 7) is 1.10. The summed E-state index contributed by atoms with van der Waals surface area (Å²) in [7, 11) is 0. The van der Waals surface area contributed by atoms with E-state index in [0.717, 1.165) is 16.9 Å². The van der Waals surface area contributed by atoms with E-state index < -0.39 is 0 Å². The van der Waals surface area contributed by atoms with Crippen LogP contribution in [0.3, 0.4) is 0 Å². The third-order valence-corrected chi connectivity index (χ3v) is 4.68. The highest BCUT2D eigenvalue weighted by Crippen LogP contribution is 2.26. The highest BCUT2D eigenvalue weighted by molar-refractivity contribution is 5.88. The van der Waals surface area contributed by atoms with Gasteiger partial charge in [0.1, 0.15) is 24.7 Å². The molecule has 0 amide bonds. The minimum Gasteiger partial charge on any atom is -0.490 e. The van der Waals surface area contributed by atoms with Crippen LogP contribution in [0.5, 0.6) is 11.5 Å². The summed E-state index contributed by atoms with van der Waals surface area (Å²) in [5.74, 6) is 1.87. The van der Waals surface area contributed by atoms with Crippen molar-refractivity contribution in [1.29, 1.82) is 0 Å². The van der Waals surface area contributed by atoms with Crippen molar-refractivity contribution in [2.45, 2.75) is 25.7 Å². The number of hydrogen-bond donors (Lipinski definition) is 0. The van der Waals surface area contributed by atoms with Crippen molar-refractivity contribution in [2.24, 2.45) is 0 Å². The Morgan fingerprint density at radius 3 is 2.46 bits per heavy atom. The Bertz CT molecular complexity index is 833. The molecular weight excluding hydrogens is 296 g/mol. The van der Waals surface area contributed by atoms with E-state index in [4.69, 9.17) is 9.47 Å². The second kappa shape index (κ2) is 6.96. The van der Waals surface area contributed by atoms with Crippen molar-refractivity contribution in [1.82, 2.24) is 0 Å². The number of rotatable bonds is 5. The van der Waals surface area contributed by atoms with Gasteiger partial charge in [0.2, 0.25) is 0 Å². The number of hydrogen-bond acceptors (Lipinski definition) is 2. The second-order valence-corrected chi connectivity index (χ2v) is 6.31. The minimum absolute atomic E-state index is 0.547. The van der Waals surface area contributed by atoms with Crippen LogP contribution in [0, 0.1) is 0 Å². The van der Waals surface area contributed by atoms with E-state index in [9.17, 15) is 0 Å². The third-order valence-electron chi connectivity index (χ3n) is 4.68. The minimum atomic E-state index is 0.547. The Hall–Kier alpha value is -2.48. The molecule has 3 aromatic carbocycles. The van der Waals surface area contributed by atoms with E-state index in [1.165, 1.54) is 42.2 Å². The van der Waals surface area contributed by atoms with Crippen LogP contribution in [0.25, 0.3) is 10.8 Å². The first-order valence-corrected chi connectivity index (χ1v) is 8.75. The number of ether oxygens (including phenoxy) is 2. The molecule has 0 fully saturated rings. The van der Waals surface area contributed by atoms with E-state index in [2.05, 4.69) is 36.4 Å². The number of aryl methyl sites for hydroxylation is 2. The standard InChI is InChI=1S/C22H22O2/c1-2-8-19-16-20(13-12-17(19)6-1)23-14-15-24-22-11-5-9-18-7-3-4-10-21(18)22/h3-5,7,9-13,16H,1-2,6,8,14-15H2. The van der Waals surface area contributed by atoms with Crippen molar-refractivity contribution in [3.63, 3.8) is 0 Å². The van der Waals surface area contributed by atoms with Gasteiger partial charge in [-0.25, -0.2) is 0 Å². The Labute approximate surface area is 143 Å². The highest BCUT2D eigenvalue weighted by atomic mass is 16.5. The molecule has 1 aliphatic rings. The van der Waals surface area contributed by atoms with Gasteiger partial charge in [0.25, 0.3) is 0 Å². The number of fused-ring (bicyclic) bond motifs is 2. The SMILES string of the molecule is c1ccc2c(OCCOc3ccc4c(c3)CCCC4)cccc2c1. The fraction of sp³-hybridized carbons (Fsp3) is 0.273. The van der Waals surface area contributed by atoms with Crippen molar-refractivity contribution < 1.29 is 9.47 Å². The smallest absolute Gasteiger partial charge is 0.127 e. The lowest BCUT2D eigenvalue weighted by atomic mass is 9.92. The van der Waals surface area contributed by atoms with Crippen LogP contribution < -0.4 is 9.47 Å². The molecule has 0 spiro atoms. The predicted octanol–water partition coefficient (Wildman–Crippen LogP) is 5.18. The van der Waals surface area contributed by atoms with Crippen molar-refractivity contribution in [3.8, 4) is 11.5 Å². The lowest BCUT2D eigenvalue weighted by Gasteiger charge is -2.17. The van der Waals surface area contributed by atoms with Gasteiger partial charge in [0.15, 0.2) is 0 Å². The molecule has 2 heteroatoms. The molecule has 0 bridgehead atoms. The van der Waals surface area contributed by atoms with Gasteiger partial charge < -0.3 is 9.47 Å². The Morgan fingerprint density at radius 2 is 1.50 bits per heavy atom. The monoisotopic (exact) mass is 318 g/mol. The molecule has 0 saturated carbocycles. The molecule has 0 aliphatic heterocycles. The van der Waals surface area contributed by atoms with Crippen molar-refractivity contribution in [3.05, 3.63) is 71.8 Å². The van der Waals surface area contributed by atoms with Gasteiger partial charge in [0, 0.05) is 5.39 Å². The van der Waals surface area contributed by atoms with Crippen LogP contribution in [0.1, 0.15) is 24.0 Å². The van der Waals surface area contributed by atoms with Gasteiger partial charge in [0.05, 0.1) is 0 Å². The fourth-order valence-corrected chi connectivity index (χ4v) is 3.43. The van der Waals surface area contributed by atoms with E-state index in [-0.39, 0.29) is 0 Å². The van der Waals surface area contributed by atoms with E-state index >= 15 is 0 Å². The largest absolute Gasteiger partial charge is 0.490 e. The molecule has 122 valence electrons. The maximum absolute atomic E-state index is 5.93. The van der Waals surface area contributed by atoms with E-state index in [1.54, 1.807) is 0 Å². The van der Waals surface area contributed by atoms with E-state index in [1.807, 2.05) is 24.3 Å². The summed E-state index contributed by atoms with van der Waals surface area (Å²) >= 11 is 0. The van der Waals surface area contributed by atoms with Crippen molar-refractivity contribution >= 4 is 10.8 Å². The Balaban J connectivity index is 1.36. The first-order valence-electron chi connectivity index (χ1n) is 8.75. The molecular formula is C22H22O2. The first-order chi connectivity index (χ1) is 11.9. The number of benzene rings is 3. The van der Waals surface area contributed by atoms with E-state index in [0.29, 0.717) is 13.2 Å². The Morgan fingerprint density at radius 1 is 0.708 bits per heavy atom. The summed E-state index contributed by atoms with van der Waals surface area (Å²) in [6.07, 6.45) is 4.99. The highest BCUT2D eigenvalue weighted by Gasteiger charge is 2.09. The zero-order valence-corrected chi connectivity index (χ0v) is 13.8. The maximum atomic E-state index is 5.93. The molecule has 1 aliphatic carbocycles. The quantitative estimate of drug-likeness (QED) is 0.604. The summed E-state index contributed by atoms with van der Waals surface area (Å²) in [6, 6.07) is 20.9. The predicted molar refractivity (Wildman–Crippen MR) is 98.0 cm³/mol. The zero-order valence-electron chi connectivity index (χ0n) is 13.8. The lowest BCUT2D eigenvalue weighted by Crippen LogP contribution is -2.10. The normalized spacial score (nSPS) is 13.5. The molecule has 0 saturated heterocycles. The van der Waals surface area contributed by atoms with Crippen LogP contribution in [0.15, 0.2) is 60.7 Å². The average molecular weight is 318 g/mol. The first kappa shape index (κ1) is 15.1. The molecule has 3 aromatic rings. The topological polar surface area (TPSA) is 18.5 Å². The molecule has 0 atom stereocenters. The molecule has 0 aromatic heterocycles. The van der Waals surface area contributed by atoms with Gasteiger partial charge >= 0.3 is 0 Å². The van der Waals surface area contributed by atoms with Gasteiger partial charge in [-0.3, -0.25) is 0 Å². The Kier molecular flexibility index (Phi) is 4.37. The van der Waals surface area contributed by atoms with Crippen LogP contribution >= 0.6 is 0 Å². The molecule has 2 nitrogen and oxygen atoms in total. The molecule has 4 rings (SSSR count). The molecule has 0 unspecified atom stereocenters. The van der Waals surface area contributed by atoms with Crippen LogP contribution in [0.4, 0.5) is 0 Å². The fourth-order valence-electron chi connectivity index (χ4n) is 3.43. The van der Waals surface area contributed by atoms with Crippen molar-refractivity contribution in [2.75, 3.05) is 13.2 Å². The van der Waals surface area contributed by atoms with Crippen LogP contribution in [-0.4, -0.2) is 13.2 Å². The van der Waals surface area contributed by atoms with Gasteiger partial charge in [-0.05, 0) is 60.4 Å². The molecule has 0 radical (unpaired) electrons. The molecule has 0 heterocycles. The summed E-state index contributed by atoms with van der Waals surface area (Å²) in [5, 5.41) is 2.35. The summed E-state index contributed by atoms with van der Waals surface area (Å²) in [4.78, 5) is 0. The van der Waals surface area contributed by atoms with Crippen LogP contribution in [-0.2, 0) is 12.8 Å². The van der Waals surface area contributed by atoms with Gasteiger partial charge in [-0.2, -0.15) is 0 Å². The maximum Gasteiger partial charge on any atom is 0.127 e. The van der Waals surface area contributed by atoms with Gasteiger partial charge in [-0.1, -0.05) is 42.5 Å². The summed E-state index contributed by atoms with van der Waals surface area (Å²) in [5.41, 5.74) is 2.94. The second-order valence-electron chi connectivity index (χ2n) is 6.31. The lowest BCUT2D eigenvalue weighted by molar-refractivity contribution is 0.218. The third kappa shape index (κ3) is 3.23. The zero-order chi connectivity index (χ0) is 16.2. The summed E-state index contributed by atoms with van der Waals surface area (Å²) < 4.78 is 11.8. The average Bonchev–Trinajstić information content (AvgIpc) is 2.65.